The normalized spacial score (nSPS) is 13.8. The molecule has 17 heavy (non-hydrogen) atoms. The number of benzene rings is 1. The Morgan fingerprint density at radius 2 is 1.94 bits per heavy atom. The van der Waals surface area contributed by atoms with Gasteiger partial charge in [0.1, 0.15) is 0 Å². The van der Waals surface area contributed by atoms with Gasteiger partial charge in [0.05, 0.1) is 0 Å². The SMILES string of the molecule is CCC(C)CNC/C=C(\C)c1ccc(C)cc1. The second kappa shape index (κ2) is 7.29. The van der Waals surface area contributed by atoms with Crippen molar-refractivity contribution in [2.24, 2.45) is 5.92 Å². The lowest BCUT2D eigenvalue weighted by Crippen LogP contribution is -2.20. The van der Waals surface area contributed by atoms with Crippen molar-refractivity contribution >= 4 is 5.57 Å². The van der Waals surface area contributed by atoms with Crippen LogP contribution in [0.3, 0.4) is 0 Å². The van der Waals surface area contributed by atoms with Crippen molar-refractivity contribution in [1.29, 1.82) is 0 Å². The monoisotopic (exact) mass is 231 g/mol. The van der Waals surface area contributed by atoms with Gasteiger partial charge in [-0.2, -0.15) is 0 Å². The predicted octanol–water partition coefficient (Wildman–Crippen LogP) is 4.03. The minimum Gasteiger partial charge on any atom is -0.313 e. The van der Waals surface area contributed by atoms with Gasteiger partial charge in [0.2, 0.25) is 0 Å². The third-order valence-corrected chi connectivity index (χ3v) is 3.25. The van der Waals surface area contributed by atoms with Gasteiger partial charge in [0, 0.05) is 6.54 Å². The highest BCUT2D eigenvalue weighted by Crippen LogP contribution is 2.13. The highest BCUT2D eigenvalue weighted by atomic mass is 14.8. The third-order valence-electron chi connectivity index (χ3n) is 3.25. The Kier molecular flexibility index (Phi) is 5.99. The molecule has 0 aliphatic rings. The lowest BCUT2D eigenvalue weighted by molar-refractivity contribution is 0.516. The van der Waals surface area contributed by atoms with Crippen LogP contribution in [0.4, 0.5) is 0 Å². The molecular weight excluding hydrogens is 206 g/mol. The molecule has 1 aromatic carbocycles. The molecule has 1 nitrogen and oxygen atoms in total. The predicted molar refractivity (Wildman–Crippen MR) is 77.2 cm³/mol. The van der Waals surface area contributed by atoms with Crippen molar-refractivity contribution in [3.63, 3.8) is 0 Å². The molecule has 0 saturated carbocycles. The second-order valence-electron chi connectivity index (χ2n) is 4.92. The van der Waals surface area contributed by atoms with E-state index in [-0.39, 0.29) is 0 Å². The zero-order valence-electron chi connectivity index (χ0n) is 11.6. The molecule has 94 valence electrons. The molecule has 0 fully saturated rings. The average Bonchev–Trinajstić information content (AvgIpc) is 2.34. The molecule has 1 rings (SSSR count). The van der Waals surface area contributed by atoms with Crippen LogP contribution in [0, 0.1) is 12.8 Å². The van der Waals surface area contributed by atoms with Crippen molar-refractivity contribution in [3.8, 4) is 0 Å². The summed E-state index contributed by atoms with van der Waals surface area (Å²) in [5.41, 5.74) is 3.99. The topological polar surface area (TPSA) is 12.0 Å². The van der Waals surface area contributed by atoms with Crippen molar-refractivity contribution < 1.29 is 0 Å². The molecule has 0 bridgehead atoms. The fourth-order valence-corrected chi connectivity index (χ4v) is 1.63. The molecule has 0 aromatic heterocycles. The van der Waals surface area contributed by atoms with E-state index in [0.717, 1.165) is 19.0 Å². The summed E-state index contributed by atoms with van der Waals surface area (Å²) >= 11 is 0. The summed E-state index contributed by atoms with van der Waals surface area (Å²) in [5.74, 6) is 0.767. The molecule has 1 unspecified atom stereocenters. The first-order valence-corrected chi connectivity index (χ1v) is 6.58. The van der Waals surface area contributed by atoms with Gasteiger partial charge in [-0.15, -0.1) is 0 Å². The number of hydrogen-bond acceptors (Lipinski definition) is 1. The van der Waals surface area contributed by atoms with Crippen molar-refractivity contribution in [2.75, 3.05) is 13.1 Å². The Morgan fingerprint density at radius 3 is 2.53 bits per heavy atom. The van der Waals surface area contributed by atoms with E-state index >= 15 is 0 Å². The van der Waals surface area contributed by atoms with Crippen LogP contribution in [0.15, 0.2) is 30.3 Å². The molecule has 1 heteroatoms. The summed E-state index contributed by atoms with van der Waals surface area (Å²) < 4.78 is 0. The van der Waals surface area contributed by atoms with Gasteiger partial charge in [-0.25, -0.2) is 0 Å². The molecule has 0 aliphatic heterocycles. The Labute approximate surface area is 106 Å². The lowest BCUT2D eigenvalue weighted by Gasteiger charge is -2.08. The van der Waals surface area contributed by atoms with E-state index in [1.165, 1.54) is 23.1 Å². The number of nitrogens with one attached hydrogen (secondary N) is 1. The minimum atomic E-state index is 0.767. The zero-order chi connectivity index (χ0) is 12.7. The van der Waals surface area contributed by atoms with E-state index in [2.05, 4.69) is 63.4 Å². The Balaban J connectivity index is 2.41. The molecule has 0 amide bonds. The Hall–Kier alpha value is -1.08. The molecule has 0 radical (unpaired) electrons. The van der Waals surface area contributed by atoms with Gasteiger partial charge in [0.15, 0.2) is 0 Å². The van der Waals surface area contributed by atoms with E-state index in [1.807, 2.05) is 0 Å². The molecular formula is C16H25N. The van der Waals surface area contributed by atoms with Crippen LogP contribution in [-0.4, -0.2) is 13.1 Å². The van der Waals surface area contributed by atoms with E-state index in [1.54, 1.807) is 0 Å². The van der Waals surface area contributed by atoms with Crippen LogP contribution in [0.25, 0.3) is 5.57 Å². The van der Waals surface area contributed by atoms with E-state index in [9.17, 15) is 0 Å². The van der Waals surface area contributed by atoms with E-state index < -0.39 is 0 Å². The standard InChI is InChI=1S/C16H25N/c1-5-13(2)12-17-11-10-15(4)16-8-6-14(3)7-9-16/h6-10,13,17H,5,11-12H2,1-4H3/b15-10+. The Bertz CT molecular complexity index is 348. The molecule has 0 heterocycles. The fraction of sp³-hybridized carbons (Fsp3) is 0.500. The summed E-state index contributed by atoms with van der Waals surface area (Å²) in [7, 11) is 0. The largest absolute Gasteiger partial charge is 0.313 e. The number of allylic oxidation sites excluding steroid dienone is 1. The quantitative estimate of drug-likeness (QED) is 0.729. The summed E-state index contributed by atoms with van der Waals surface area (Å²) in [6.45, 7) is 10.9. The van der Waals surface area contributed by atoms with Crippen LogP contribution >= 0.6 is 0 Å². The van der Waals surface area contributed by atoms with Gasteiger partial charge < -0.3 is 5.32 Å². The van der Waals surface area contributed by atoms with Gasteiger partial charge in [-0.1, -0.05) is 56.2 Å². The van der Waals surface area contributed by atoms with Crippen molar-refractivity contribution in [2.45, 2.75) is 34.1 Å². The van der Waals surface area contributed by atoms with Crippen molar-refractivity contribution in [1.82, 2.24) is 5.32 Å². The highest BCUT2D eigenvalue weighted by molar-refractivity contribution is 5.63. The summed E-state index contributed by atoms with van der Waals surface area (Å²) in [4.78, 5) is 0. The van der Waals surface area contributed by atoms with Crippen LogP contribution in [-0.2, 0) is 0 Å². The lowest BCUT2D eigenvalue weighted by atomic mass is 10.1. The van der Waals surface area contributed by atoms with Crippen LogP contribution in [0.1, 0.15) is 38.3 Å². The first-order valence-electron chi connectivity index (χ1n) is 6.58. The first-order chi connectivity index (χ1) is 8.13. The summed E-state index contributed by atoms with van der Waals surface area (Å²) in [6.07, 6.45) is 3.51. The van der Waals surface area contributed by atoms with Crippen molar-refractivity contribution in [3.05, 3.63) is 41.5 Å². The van der Waals surface area contributed by atoms with Crippen LogP contribution in [0.2, 0.25) is 0 Å². The highest BCUT2D eigenvalue weighted by Gasteiger charge is 1.97. The second-order valence-corrected chi connectivity index (χ2v) is 4.92. The molecule has 0 saturated heterocycles. The van der Waals surface area contributed by atoms with Gasteiger partial charge in [-0.05, 0) is 37.4 Å². The van der Waals surface area contributed by atoms with Crippen LogP contribution < -0.4 is 5.32 Å². The third kappa shape index (κ3) is 5.18. The maximum atomic E-state index is 3.47. The molecule has 0 aliphatic carbocycles. The Morgan fingerprint density at radius 1 is 1.29 bits per heavy atom. The molecule has 1 atom stereocenters. The molecule has 0 spiro atoms. The van der Waals surface area contributed by atoms with E-state index in [4.69, 9.17) is 0 Å². The first kappa shape index (κ1) is 14.0. The average molecular weight is 231 g/mol. The van der Waals surface area contributed by atoms with E-state index in [0.29, 0.717) is 0 Å². The van der Waals surface area contributed by atoms with Gasteiger partial charge in [-0.3, -0.25) is 0 Å². The number of hydrogen-bond donors (Lipinski definition) is 1. The smallest absolute Gasteiger partial charge is 0.0140 e. The minimum absolute atomic E-state index is 0.767. The number of aryl methyl sites for hydroxylation is 1. The number of rotatable bonds is 6. The fourth-order valence-electron chi connectivity index (χ4n) is 1.63. The maximum Gasteiger partial charge on any atom is 0.0140 e. The summed E-state index contributed by atoms with van der Waals surface area (Å²) in [5, 5.41) is 3.47. The summed E-state index contributed by atoms with van der Waals surface area (Å²) in [6, 6.07) is 8.71. The zero-order valence-corrected chi connectivity index (χ0v) is 11.6. The van der Waals surface area contributed by atoms with Crippen LogP contribution in [0.5, 0.6) is 0 Å². The molecule has 1 aromatic rings. The van der Waals surface area contributed by atoms with Gasteiger partial charge >= 0.3 is 0 Å². The van der Waals surface area contributed by atoms with Gasteiger partial charge in [0.25, 0.3) is 0 Å². The molecule has 1 N–H and O–H groups in total. The maximum absolute atomic E-state index is 3.47.